The van der Waals surface area contributed by atoms with Gasteiger partial charge < -0.3 is 0 Å². The van der Waals surface area contributed by atoms with Crippen molar-refractivity contribution in [3.63, 3.8) is 0 Å². The van der Waals surface area contributed by atoms with Gasteiger partial charge in [0.1, 0.15) is 5.78 Å². The van der Waals surface area contributed by atoms with Crippen LogP contribution in [-0.4, -0.2) is 5.78 Å². The standard InChI is InChI=1S/C14H16O/c1-2-3-4-8-11-14(15)12-13-9-6-5-7-10-13/h5-7,9-10H,2-3,11-12H2,1H3. The van der Waals surface area contributed by atoms with E-state index in [0.717, 1.165) is 18.4 Å². The van der Waals surface area contributed by atoms with E-state index in [2.05, 4.69) is 18.8 Å². The molecule has 0 radical (unpaired) electrons. The van der Waals surface area contributed by atoms with Crippen LogP contribution in [-0.2, 0) is 11.2 Å². The molecule has 0 aliphatic heterocycles. The smallest absolute Gasteiger partial charge is 0.149 e. The Hall–Kier alpha value is -1.55. The predicted octanol–water partition coefficient (Wildman–Crippen LogP) is 2.99. The third-order valence-corrected chi connectivity index (χ3v) is 2.03. The van der Waals surface area contributed by atoms with Crippen LogP contribution >= 0.6 is 0 Å². The van der Waals surface area contributed by atoms with E-state index in [1.807, 2.05) is 30.3 Å². The molecule has 0 spiro atoms. The largest absolute Gasteiger partial charge is 0.298 e. The second-order valence-electron chi connectivity index (χ2n) is 3.48. The Bertz CT molecular complexity index is 354. The number of rotatable bonds is 4. The lowest BCUT2D eigenvalue weighted by molar-refractivity contribution is -0.117. The molecule has 0 fully saturated rings. The molecule has 0 N–H and O–H groups in total. The minimum atomic E-state index is 0.199. The van der Waals surface area contributed by atoms with Crippen molar-refractivity contribution >= 4 is 5.78 Å². The van der Waals surface area contributed by atoms with E-state index in [-0.39, 0.29) is 5.78 Å². The van der Waals surface area contributed by atoms with Crippen molar-refractivity contribution in [2.45, 2.75) is 32.6 Å². The maximum Gasteiger partial charge on any atom is 0.149 e. The lowest BCUT2D eigenvalue weighted by atomic mass is 10.1. The molecule has 1 aromatic rings. The van der Waals surface area contributed by atoms with Crippen molar-refractivity contribution < 1.29 is 4.79 Å². The highest BCUT2D eigenvalue weighted by atomic mass is 16.1. The Morgan fingerprint density at radius 2 is 1.93 bits per heavy atom. The molecule has 0 heterocycles. The summed E-state index contributed by atoms with van der Waals surface area (Å²) in [4.78, 5) is 11.5. The van der Waals surface area contributed by atoms with Gasteiger partial charge in [0, 0.05) is 12.8 Å². The fourth-order valence-corrected chi connectivity index (χ4v) is 1.26. The fourth-order valence-electron chi connectivity index (χ4n) is 1.26. The minimum Gasteiger partial charge on any atom is -0.298 e. The summed E-state index contributed by atoms with van der Waals surface area (Å²) in [5.74, 6) is 6.09. The monoisotopic (exact) mass is 200 g/mol. The average molecular weight is 200 g/mol. The summed E-state index contributed by atoms with van der Waals surface area (Å²) in [7, 11) is 0. The van der Waals surface area contributed by atoms with Gasteiger partial charge in [0.15, 0.2) is 0 Å². The number of carbonyl (C=O) groups excluding carboxylic acids is 1. The van der Waals surface area contributed by atoms with Crippen LogP contribution in [0.2, 0.25) is 0 Å². The van der Waals surface area contributed by atoms with Gasteiger partial charge >= 0.3 is 0 Å². The zero-order chi connectivity index (χ0) is 10.9. The molecule has 1 aromatic carbocycles. The molecule has 0 aliphatic rings. The SMILES string of the molecule is CCCC#CCC(=O)Cc1ccccc1. The van der Waals surface area contributed by atoms with Gasteiger partial charge in [0.2, 0.25) is 0 Å². The van der Waals surface area contributed by atoms with Crippen molar-refractivity contribution in [1.29, 1.82) is 0 Å². The molecule has 0 atom stereocenters. The summed E-state index contributed by atoms with van der Waals surface area (Å²) in [6, 6.07) is 9.79. The summed E-state index contributed by atoms with van der Waals surface area (Å²) in [5.41, 5.74) is 1.07. The van der Waals surface area contributed by atoms with Crippen LogP contribution in [0.4, 0.5) is 0 Å². The predicted molar refractivity (Wildman–Crippen MR) is 62.5 cm³/mol. The van der Waals surface area contributed by atoms with E-state index in [9.17, 15) is 4.79 Å². The quantitative estimate of drug-likeness (QED) is 0.683. The molecule has 0 saturated carbocycles. The molecule has 78 valence electrons. The third kappa shape index (κ3) is 5.02. The molecule has 0 unspecified atom stereocenters. The van der Waals surface area contributed by atoms with Gasteiger partial charge in [-0.3, -0.25) is 4.79 Å². The maximum atomic E-state index is 11.5. The summed E-state index contributed by atoms with van der Waals surface area (Å²) in [5, 5.41) is 0. The van der Waals surface area contributed by atoms with Gasteiger partial charge in [-0.05, 0) is 12.0 Å². The highest BCUT2D eigenvalue weighted by Crippen LogP contribution is 2.01. The number of Topliss-reactive ketones (excluding diaryl/α,β-unsaturated/α-hetero) is 1. The maximum absolute atomic E-state index is 11.5. The van der Waals surface area contributed by atoms with Crippen LogP contribution in [0.3, 0.4) is 0 Å². The fraction of sp³-hybridized carbons (Fsp3) is 0.357. The topological polar surface area (TPSA) is 17.1 Å². The van der Waals surface area contributed by atoms with Crippen LogP contribution in [0.15, 0.2) is 30.3 Å². The van der Waals surface area contributed by atoms with Crippen molar-refractivity contribution in [2.24, 2.45) is 0 Å². The second-order valence-corrected chi connectivity index (χ2v) is 3.48. The molecule has 1 heteroatoms. The summed E-state index contributed by atoms with van der Waals surface area (Å²) in [6.07, 6.45) is 2.83. The van der Waals surface area contributed by atoms with E-state index < -0.39 is 0 Å². The number of unbranched alkanes of at least 4 members (excludes halogenated alkanes) is 1. The number of hydrogen-bond acceptors (Lipinski definition) is 1. The van der Waals surface area contributed by atoms with E-state index in [4.69, 9.17) is 0 Å². The molecule has 0 amide bonds. The van der Waals surface area contributed by atoms with Gasteiger partial charge in [-0.2, -0.15) is 0 Å². The normalized spacial score (nSPS) is 9.13. The highest BCUT2D eigenvalue weighted by Gasteiger charge is 2.00. The van der Waals surface area contributed by atoms with Crippen molar-refractivity contribution in [1.82, 2.24) is 0 Å². The summed E-state index contributed by atoms with van der Waals surface area (Å²) in [6.45, 7) is 2.08. The van der Waals surface area contributed by atoms with Gasteiger partial charge in [-0.1, -0.05) is 43.2 Å². The first kappa shape index (κ1) is 11.5. The first-order valence-electron chi connectivity index (χ1n) is 5.34. The Balaban J connectivity index is 2.35. The van der Waals surface area contributed by atoms with Crippen LogP contribution < -0.4 is 0 Å². The lowest BCUT2D eigenvalue weighted by Gasteiger charge is -1.96. The average Bonchev–Trinajstić information content (AvgIpc) is 2.26. The molecule has 0 aromatic heterocycles. The van der Waals surface area contributed by atoms with Crippen LogP contribution in [0.1, 0.15) is 31.7 Å². The molecule has 0 saturated heterocycles. The lowest BCUT2D eigenvalue weighted by Crippen LogP contribution is -2.00. The molecule has 0 bridgehead atoms. The molecule has 1 nitrogen and oxygen atoms in total. The number of ketones is 1. The zero-order valence-electron chi connectivity index (χ0n) is 9.12. The van der Waals surface area contributed by atoms with E-state index in [1.54, 1.807) is 0 Å². The van der Waals surface area contributed by atoms with Crippen molar-refractivity contribution in [3.05, 3.63) is 35.9 Å². The van der Waals surface area contributed by atoms with E-state index >= 15 is 0 Å². The Kier molecular flexibility index (Phi) is 5.25. The minimum absolute atomic E-state index is 0.199. The first-order chi connectivity index (χ1) is 7.33. The highest BCUT2D eigenvalue weighted by molar-refractivity contribution is 5.83. The van der Waals surface area contributed by atoms with Crippen LogP contribution in [0.5, 0.6) is 0 Å². The summed E-state index contributed by atoms with van der Waals surface area (Å²) < 4.78 is 0. The van der Waals surface area contributed by atoms with E-state index in [1.165, 1.54) is 0 Å². The Morgan fingerprint density at radius 1 is 1.20 bits per heavy atom. The molecular formula is C14H16O. The summed E-state index contributed by atoms with van der Waals surface area (Å²) >= 11 is 0. The van der Waals surface area contributed by atoms with Crippen LogP contribution in [0.25, 0.3) is 0 Å². The van der Waals surface area contributed by atoms with Crippen LogP contribution in [0, 0.1) is 11.8 Å². The second kappa shape index (κ2) is 6.84. The molecular weight excluding hydrogens is 184 g/mol. The van der Waals surface area contributed by atoms with Crippen molar-refractivity contribution in [3.8, 4) is 11.8 Å². The van der Waals surface area contributed by atoms with Crippen molar-refractivity contribution in [2.75, 3.05) is 0 Å². The Morgan fingerprint density at radius 3 is 2.60 bits per heavy atom. The third-order valence-electron chi connectivity index (χ3n) is 2.03. The van der Waals surface area contributed by atoms with Gasteiger partial charge in [-0.15, -0.1) is 5.92 Å². The van der Waals surface area contributed by atoms with E-state index in [0.29, 0.717) is 12.8 Å². The van der Waals surface area contributed by atoms with Gasteiger partial charge in [0.25, 0.3) is 0 Å². The number of carbonyl (C=O) groups is 1. The first-order valence-corrected chi connectivity index (χ1v) is 5.34. The zero-order valence-corrected chi connectivity index (χ0v) is 9.12. The molecule has 15 heavy (non-hydrogen) atoms. The number of hydrogen-bond donors (Lipinski definition) is 0. The van der Waals surface area contributed by atoms with Gasteiger partial charge in [0.05, 0.1) is 6.42 Å². The van der Waals surface area contributed by atoms with Gasteiger partial charge in [-0.25, -0.2) is 0 Å². The number of benzene rings is 1. The Labute approximate surface area is 91.5 Å². The molecule has 0 aliphatic carbocycles. The molecule has 1 rings (SSSR count).